The van der Waals surface area contributed by atoms with E-state index >= 15 is 0 Å². The largest absolute Gasteiger partial charge is 0.354 e. The van der Waals surface area contributed by atoms with Crippen LogP contribution in [0, 0.1) is 6.92 Å². The first-order chi connectivity index (χ1) is 10.2. The Morgan fingerprint density at radius 1 is 1.35 bits per heavy atom. The Balaban J connectivity index is 0.00000242. The average molecular weight is 364 g/mol. The molecule has 1 atom stereocenters. The van der Waals surface area contributed by atoms with E-state index in [0.717, 1.165) is 30.9 Å². The minimum atomic E-state index is 0. The van der Waals surface area contributed by atoms with Gasteiger partial charge in [0.05, 0.1) is 11.4 Å². The lowest BCUT2D eigenvalue weighted by Gasteiger charge is -2.35. The third-order valence-electron chi connectivity index (χ3n) is 3.85. The number of nitrogens with two attached hydrogens (primary N) is 1. The number of hydrogen-bond acceptors (Lipinski definition) is 5. The summed E-state index contributed by atoms with van der Waals surface area (Å²) in [5.74, 6) is 0.0400. The molecule has 1 aliphatic rings. The van der Waals surface area contributed by atoms with Gasteiger partial charge in [0.1, 0.15) is 0 Å². The molecule has 2 rings (SSSR count). The molecule has 8 heteroatoms. The molecule has 1 fully saturated rings. The van der Waals surface area contributed by atoms with Gasteiger partial charge in [0, 0.05) is 44.5 Å². The molecule has 0 aliphatic carbocycles. The van der Waals surface area contributed by atoms with E-state index in [0.29, 0.717) is 25.6 Å². The van der Waals surface area contributed by atoms with Crippen molar-refractivity contribution in [1.82, 2.24) is 20.2 Å². The number of piperidine rings is 1. The third-order valence-corrected chi connectivity index (χ3v) is 3.85. The van der Waals surface area contributed by atoms with Crippen LogP contribution in [0.4, 0.5) is 0 Å². The highest BCUT2D eigenvalue weighted by atomic mass is 35.5. The maximum Gasteiger partial charge on any atom is 0.221 e. The fourth-order valence-electron chi connectivity index (χ4n) is 2.66. The second-order valence-electron chi connectivity index (χ2n) is 5.61. The van der Waals surface area contributed by atoms with Crippen LogP contribution in [0.5, 0.6) is 0 Å². The van der Waals surface area contributed by atoms with Crippen LogP contribution in [-0.2, 0) is 11.3 Å². The molecular formula is C15H27Cl2N5O. The molecule has 1 unspecified atom stereocenters. The molecule has 1 aromatic rings. The molecular weight excluding hydrogens is 337 g/mol. The number of halogens is 2. The molecule has 0 bridgehead atoms. The smallest absolute Gasteiger partial charge is 0.221 e. The summed E-state index contributed by atoms with van der Waals surface area (Å²) in [7, 11) is 0. The van der Waals surface area contributed by atoms with Crippen molar-refractivity contribution >= 4 is 30.7 Å². The Labute approximate surface area is 150 Å². The monoisotopic (exact) mass is 363 g/mol. The van der Waals surface area contributed by atoms with E-state index in [1.54, 1.807) is 6.20 Å². The summed E-state index contributed by atoms with van der Waals surface area (Å²) in [5, 5.41) is 2.98. The van der Waals surface area contributed by atoms with Gasteiger partial charge >= 0.3 is 0 Å². The quantitative estimate of drug-likeness (QED) is 0.798. The van der Waals surface area contributed by atoms with Gasteiger partial charge < -0.3 is 11.1 Å². The molecule has 0 radical (unpaired) electrons. The maximum atomic E-state index is 11.6. The lowest BCUT2D eigenvalue weighted by molar-refractivity contribution is -0.121. The van der Waals surface area contributed by atoms with Crippen LogP contribution in [0.1, 0.15) is 37.1 Å². The van der Waals surface area contributed by atoms with Gasteiger partial charge in [-0.1, -0.05) is 6.42 Å². The predicted octanol–water partition coefficient (Wildman–Crippen LogP) is 1.45. The van der Waals surface area contributed by atoms with Crippen LogP contribution >= 0.6 is 24.8 Å². The van der Waals surface area contributed by atoms with Gasteiger partial charge in [0.2, 0.25) is 5.91 Å². The number of carbonyl (C=O) groups excluding carboxylic acids is 1. The molecule has 6 nitrogen and oxygen atoms in total. The van der Waals surface area contributed by atoms with Gasteiger partial charge in [-0.05, 0) is 26.3 Å². The van der Waals surface area contributed by atoms with Gasteiger partial charge in [-0.25, -0.2) is 0 Å². The van der Waals surface area contributed by atoms with Crippen molar-refractivity contribution in [2.75, 3.05) is 19.6 Å². The van der Waals surface area contributed by atoms with E-state index in [1.807, 2.05) is 13.1 Å². The number of nitrogens with one attached hydrogen (secondary N) is 1. The van der Waals surface area contributed by atoms with Crippen LogP contribution in [0.3, 0.4) is 0 Å². The summed E-state index contributed by atoms with van der Waals surface area (Å²) >= 11 is 0. The topological polar surface area (TPSA) is 84.1 Å². The van der Waals surface area contributed by atoms with Crippen molar-refractivity contribution in [1.29, 1.82) is 0 Å². The zero-order valence-electron chi connectivity index (χ0n) is 13.5. The second-order valence-corrected chi connectivity index (χ2v) is 5.61. The van der Waals surface area contributed by atoms with Crippen LogP contribution in [-0.4, -0.2) is 46.5 Å². The van der Waals surface area contributed by atoms with E-state index < -0.39 is 0 Å². The van der Waals surface area contributed by atoms with Crippen molar-refractivity contribution in [2.24, 2.45) is 5.73 Å². The Morgan fingerprint density at radius 2 is 2.13 bits per heavy atom. The molecule has 1 aliphatic heterocycles. The average Bonchev–Trinajstić information content (AvgIpc) is 2.49. The highest BCUT2D eigenvalue weighted by Gasteiger charge is 2.23. The molecule has 0 spiro atoms. The van der Waals surface area contributed by atoms with Gasteiger partial charge in [0.25, 0.3) is 0 Å². The highest BCUT2D eigenvalue weighted by Crippen LogP contribution is 2.18. The summed E-state index contributed by atoms with van der Waals surface area (Å²) < 4.78 is 0. The van der Waals surface area contributed by atoms with E-state index in [4.69, 9.17) is 5.73 Å². The van der Waals surface area contributed by atoms with E-state index in [2.05, 4.69) is 20.2 Å². The Bertz CT molecular complexity index is 458. The van der Waals surface area contributed by atoms with Gasteiger partial charge in [-0.2, -0.15) is 0 Å². The Morgan fingerprint density at radius 3 is 2.78 bits per heavy atom. The van der Waals surface area contributed by atoms with Gasteiger partial charge in [0.15, 0.2) is 0 Å². The molecule has 1 amide bonds. The number of rotatable bonds is 6. The minimum absolute atomic E-state index is 0. The zero-order chi connectivity index (χ0) is 15.1. The minimum Gasteiger partial charge on any atom is -0.354 e. The summed E-state index contributed by atoms with van der Waals surface area (Å²) in [4.78, 5) is 22.7. The summed E-state index contributed by atoms with van der Waals surface area (Å²) in [6.07, 6.45) is 7.57. The van der Waals surface area contributed by atoms with Crippen molar-refractivity contribution < 1.29 is 4.79 Å². The van der Waals surface area contributed by atoms with Crippen molar-refractivity contribution in [3.63, 3.8) is 0 Å². The lowest BCUT2D eigenvalue weighted by atomic mass is 10.0. The van der Waals surface area contributed by atoms with E-state index in [-0.39, 0.29) is 30.7 Å². The number of nitrogens with zero attached hydrogens (tertiary/aromatic N) is 3. The van der Waals surface area contributed by atoms with Gasteiger partial charge in [-0.3, -0.25) is 19.7 Å². The number of amides is 1. The van der Waals surface area contributed by atoms with Crippen molar-refractivity contribution in [2.45, 2.75) is 45.2 Å². The van der Waals surface area contributed by atoms with Crippen molar-refractivity contribution in [3.05, 3.63) is 23.8 Å². The third kappa shape index (κ3) is 7.44. The standard InChI is InChI=1S/C15H25N5O.2ClH/c1-12-8-18-13(9-17-12)11-20-7-3-2-4-14(20)10-19-15(21)5-6-16;;/h8-9,14H,2-7,10-11,16H2,1H3,(H,19,21);2*1H. The van der Waals surface area contributed by atoms with Crippen LogP contribution < -0.4 is 11.1 Å². The van der Waals surface area contributed by atoms with Gasteiger partial charge in [-0.15, -0.1) is 24.8 Å². The maximum absolute atomic E-state index is 11.6. The fourth-order valence-corrected chi connectivity index (χ4v) is 2.66. The Kier molecular flexibility index (Phi) is 11.1. The first kappa shape index (κ1) is 22.1. The van der Waals surface area contributed by atoms with Crippen LogP contribution in [0.15, 0.2) is 12.4 Å². The molecule has 1 saturated heterocycles. The summed E-state index contributed by atoms with van der Waals surface area (Å²) in [6.45, 7) is 4.88. The van der Waals surface area contributed by atoms with Crippen LogP contribution in [0.2, 0.25) is 0 Å². The molecule has 1 aromatic heterocycles. The SMILES string of the molecule is Cc1cnc(CN2CCCCC2CNC(=O)CCN)cn1.Cl.Cl. The summed E-state index contributed by atoms with van der Waals surface area (Å²) in [5.41, 5.74) is 7.31. The number of aryl methyl sites for hydroxylation is 1. The number of carbonyl (C=O) groups is 1. The normalized spacial score (nSPS) is 17.7. The number of aromatic nitrogens is 2. The highest BCUT2D eigenvalue weighted by molar-refractivity contribution is 5.85. The molecule has 0 aromatic carbocycles. The Hall–Kier alpha value is -0.950. The number of hydrogen-bond donors (Lipinski definition) is 2. The first-order valence-electron chi connectivity index (χ1n) is 7.67. The van der Waals surface area contributed by atoms with E-state index in [9.17, 15) is 4.79 Å². The van der Waals surface area contributed by atoms with Crippen LogP contribution in [0.25, 0.3) is 0 Å². The van der Waals surface area contributed by atoms with Crippen molar-refractivity contribution in [3.8, 4) is 0 Å². The molecule has 3 N–H and O–H groups in total. The molecule has 132 valence electrons. The first-order valence-corrected chi connectivity index (χ1v) is 7.67. The molecule has 0 saturated carbocycles. The molecule has 2 heterocycles. The lowest BCUT2D eigenvalue weighted by Crippen LogP contribution is -2.46. The second kappa shape index (κ2) is 11.6. The predicted molar refractivity (Wildman–Crippen MR) is 96.0 cm³/mol. The fraction of sp³-hybridized carbons (Fsp3) is 0.667. The number of likely N-dealkylation sites (tertiary alicyclic amines) is 1. The summed E-state index contributed by atoms with van der Waals surface area (Å²) in [6, 6.07) is 0.378. The molecule has 23 heavy (non-hydrogen) atoms. The zero-order valence-corrected chi connectivity index (χ0v) is 15.2. The van der Waals surface area contributed by atoms with E-state index in [1.165, 1.54) is 12.8 Å².